The van der Waals surface area contributed by atoms with Gasteiger partial charge < -0.3 is 22.3 Å². The van der Waals surface area contributed by atoms with E-state index in [9.17, 15) is 0 Å². The highest BCUT2D eigenvalue weighted by Crippen LogP contribution is 1.86. The maximum atomic E-state index is 5.12. The van der Waals surface area contributed by atoms with Gasteiger partial charge in [0.25, 0.3) is 0 Å². The Balaban J connectivity index is 0.000000140. The third kappa shape index (κ3) is 5.11. The number of nitrogens with zero attached hydrogens (tertiary/aromatic N) is 1. The van der Waals surface area contributed by atoms with E-state index in [1.807, 2.05) is 12.1 Å². The minimum absolute atomic E-state index is 0.655. The summed E-state index contributed by atoms with van der Waals surface area (Å²) < 4.78 is 5.12. The van der Waals surface area contributed by atoms with Crippen LogP contribution in [0.3, 0.4) is 0 Å². The molecule has 0 radical (unpaired) electrons. The zero-order valence-electron chi connectivity index (χ0n) is 8.40. The lowest BCUT2D eigenvalue weighted by atomic mass is 10.5. The minimum Gasteiger partial charge on any atom is -0.760 e. The largest absolute Gasteiger partial charge is 0.760 e. The molecule has 0 aromatic carbocycles. The Morgan fingerprint density at radius 2 is 2.07 bits per heavy atom. The minimum atomic E-state index is 0.655. The van der Waals surface area contributed by atoms with E-state index < -0.39 is 0 Å². The number of likely N-dealkylation sites (N-methyl/N-ethyl adjacent to an activating group) is 1. The average Bonchev–Trinajstić information content (AvgIpc) is 2.21. The molecular weight excluding hydrogens is 196 g/mol. The van der Waals surface area contributed by atoms with E-state index in [1.165, 1.54) is 13.1 Å². The van der Waals surface area contributed by atoms with Gasteiger partial charge >= 0.3 is 0 Å². The molecule has 1 aromatic rings. The number of nitrogens with one attached hydrogen (secondary N) is 1. The Labute approximate surface area is 90.5 Å². The highest BCUT2D eigenvalue weighted by atomic mass is 32.1. The van der Waals surface area contributed by atoms with Gasteiger partial charge in [-0.25, -0.2) is 0 Å². The third-order valence-corrected chi connectivity index (χ3v) is 2.23. The summed E-state index contributed by atoms with van der Waals surface area (Å²) in [6, 6.07) is 5.50. The molecule has 1 aromatic heterocycles. The van der Waals surface area contributed by atoms with Gasteiger partial charge in [0.2, 0.25) is 0 Å². The Morgan fingerprint density at radius 1 is 1.36 bits per heavy atom. The van der Waals surface area contributed by atoms with Crippen molar-refractivity contribution < 1.29 is 9.64 Å². The second-order valence-electron chi connectivity index (χ2n) is 3.24. The molecule has 14 heavy (non-hydrogen) atoms. The molecule has 4 heteroatoms. The van der Waals surface area contributed by atoms with Crippen LogP contribution in [0.15, 0.2) is 29.4 Å². The second kappa shape index (κ2) is 6.70. The standard InChI is InChI=1S/C5H11NO.C5H5NS/c1-6-2-4-7-5-3-6;7-5-3-1-2-4-6-5/h2-5H2,1H3;1-4H,(H,6,7). The summed E-state index contributed by atoms with van der Waals surface area (Å²) in [6.07, 6.45) is 1.68. The Hall–Kier alpha value is -0.710. The second-order valence-corrected chi connectivity index (χ2v) is 3.66. The van der Waals surface area contributed by atoms with Gasteiger partial charge in [0, 0.05) is 6.20 Å². The van der Waals surface area contributed by atoms with Crippen LogP contribution < -0.4 is 4.90 Å². The number of morpholine rings is 1. The van der Waals surface area contributed by atoms with Gasteiger partial charge in [-0.1, -0.05) is 17.2 Å². The molecule has 0 aliphatic carbocycles. The van der Waals surface area contributed by atoms with Crippen molar-refractivity contribution in [2.24, 2.45) is 0 Å². The predicted molar refractivity (Wildman–Crippen MR) is 57.3 cm³/mol. The molecule has 78 valence electrons. The van der Waals surface area contributed by atoms with E-state index in [-0.39, 0.29) is 0 Å². The summed E-state index contributed by atoms with van der Waals surface area (Å²) in [7, 11) is 2.20. The van der Waals surface area contributed by atoms with Crippen molar-refractivity contribution in [1.29, 1.82) is 0 Å². The number of pyridine rings is 1. The fourth-order valence-electron chi connectivity index (χ4n) is 1.07. The van der Waals surface area contributed by atoms with Crippen LogP contribution in [0.1, 0.15) is 0 Å². The van der Waals surface area contributed by atoms with Crippen LogP contribution in [-0.4, -0.2) is 38.3 Å². The van der Waals surface area contributed by atoms with Crippen molar-refractivity contribution in [3.63, 3.8) is 0 Å². The summed E-state index contributed by atoms with van der Waals surface area (Å²) in [6.45, 7) is 4.26. The van der Waals surface area contributed by atoms with E-state index in [2.05, 4.69) is 12.0 Å². The summed E-state index contributed by atoms with van der Waals surface area (Å²) in [5.41, 5.74) is 0. The van der Waals surface area contributed by atoms with Crippen LogP contribution >= 0.6 is 0 Å². The van der Waals surface area contributed by atoms with Crippen molar-refractivity contribution in [2.45, 2.75) is 5.03 Å². The summed E-state index contributed by atoms with van der Waals surface area (Å²) in [5.74, 6) is 0. The first-order chi connectivity index (χ1) is 6.79. The lowest BCUT2D eigenvalue weighted by Gasteiger charge is -2.18. The maximum absolute atomic E-state index is 5.12. The highest BCUT2D eigenvalue weighted by Gasteiger charge is 2.05. The van der Waals surface area contributed by atoms with Crippen molar-refractivity contribution in [3.05, 3.63) is 24.4 Å². The summed E-state index contributed by atoms with van der Waals surface area (Å²) in [5, 5.41) is 0.655. The number of aromatic nitrogens is 1. The van der Waals surface area contributed by atoms with Crippen LogP contribution in [0.2, 0.25) is 0 Å². The Morgan fingerprint density at radius 3 is 2.36 bits per heavy atom. The monoisotopic (exact) mass is 212 g/mol. The van der Waals surface area contributed by atoms with Crippen molar-refractivity contribution in [2.75, 3.05) is 33.4 Å². The first-order valence-electron chi connectivity index (χ1n) is 4.76. The van der Waals surface area contributed by atoms with Crippen LogP contribution in [0.5, 0.6) is 0 Å². The number of quaternary nitrogens is 1. The molecule has 0 spiro atoms. The summed E-state index contributed by atoms with van der Waals surface area (Å²) in [4.78, 5) is 5.38. The predicted octanol–water partition coefficient (Wildman–Crippen LogP) is -0.481. The van der Waals surface area contributed by atoms with Crippen molar-refractivity contribution >= 4 is 12.6 Å². The first kappa shape index (κ1) is 11.4. The molecule has 2 heterocycles. The molecule has 1 saturated heterocycles. The molecular formula is C10H16N2OS. The molecule has 1 N–H and O–H groups in total. The maximum Gasteiger partial charge on any atom is 0.101 e. The molecule has 1 aliphatic rings. The average molecular weight is 212 g/mol. The van der Waals surface area contributed by atoms with Gasteiger partial charge in [0.15, 0.2) is 0 Å². The van der Waals surface area contributed by atoms with E-state index in [1.54, 1.807) is 17.2 Å². The fraction of sp³-hybridized carbons (Fsp3) is 0.500. The number of rotatable bonds is 0. The Bertz CT molecular complexity index is 237. The van der Waals surface area contributed by atoms with Crippen molar-refractivity contribution in [1.82, 2.24) is 4.98 Å². The van der Waals surface area contributed by atoms with Gasteiger partial charge in [0.05, 0.1) is 20.3 Å². The van der Waals surface area contributed by atoms with Crippen LogP contribution in [0.25, 0.3) is 0 Å². The quantitative estimate of drug-likeness (QED) is 0.588. The smallest absolute Gasteiger partial charge is 0.101 e. The third-order valence-electron chi connectivity index (χ3n) is 1.98. The number of ether oxygens (including phenoxy) is 1. The van der Waals surface area contributed by atoms with Gasteiger partial charge in [-0.15, -0.1) is 0 Å². The van der Waals surface area contributed by atoms with Crippen LogP contribution in [-0.2, 0) is 17.4 Å². The van der Waals surface area contributed by atoms with Gasteiger partial charge in [-0.05, 0) is 6.07 Å². The molecule has 0 saturated carbocycles. The normalized spacial score (nSPS) is 16.9. The first-order valence-corrected chi connectivity index (χ1v) is 5.17. The summed E-state index contributed by atoms with van der Waals surface area (Å²) >= 11 is 4.70. The van der Waals surface area contributed by atoms with Crippen LogP contribution in [0, 0.1) is 0 Å². The lowest BCUT2D eigenvalue weighted by molar-refractivity contribution is -0.888. The van der Waals surface area contributed by atoms with Gasteiger partial charge in [-0.2, -0.15) is 0 Å². The molecule has 0 bridgehead atoms. The van der Waals surface area contributed by atoms with Crippen LogP contribution in [0.4, 0.5) is 0 Å². The topological polar surface area (TPSA) is 26.6 Å². The molecule has 1 aliphatic heterocycles. The molecule has 2 rings (SSSR count). The fourth-order valence-corrected chi connectivity index (χ4v) is 1.21. The SMILES string of the molecule is C[NH+]1CCOCC1.[S-]c1ccccn1. The highest BCUT2D eigenvalue weighted by molar-refractivity contribution is 7.58. The van der Waals surface area contributed by atoms with E-state index in [0.717, 1.165) is 13.2 Å². The number of hydrogen-bond donors (Lipinski definition) is 1. The van der Waals surface area contributed by atoms with Gasteiger partial charge in [-0.3, -0.25) is 4.98 Å². The molecule has 1 fully saturated rings. The van der Waals surface area contributed by atoms with E-state index in [0.29, 0.717) is 5.03 Å². The molecule has 0 atom stereocenters. The number of hydrogen-bond acceptors (Lipinski definition) is 3. The Kier molecular flexibility index (Phi) is 5.44. The zero-order chi connectivity index (χ0) is 10.2. The zero-order valence-corrected chi connectivity index (χ0v) is 9.22. The molecule has 0 unspecified atom stereocenters. The van der Waals surface area contributed by atoms with Gasteiger partial charge in [0.1, 0.15) is 13.1 Å². The molecule has 0 amide bonds. The van der Waals surface area contributed by atoms with E-state index >= 15 is 0 Å². The van der Waals surface area contributed by atoms with E-state index in [4.69, 9.17) is 17.4 Å². The van der Waals surface area contributed by atoms with Crippen molar-refractivity contribution in [3.8, 4) is 0 Å². The molecule has 3 nitrogen and oxygen atoms in total. The lowest BCUT2D eigenvalue weighted by Crippen LogP contribution is -3.11.